The number of nitrogens with one attached hydrogen (secondary N) is 3. The standard InChI is InChI=1S/C17H19N3O4S/c21-14(20-17(16(23)24)5-7-25-8-6-17)10-18-15(22)13-9-11-3-1-2-4-12(11)19-13/h1-4,9,19H,5-8,10H2,(H,18,22)(H,20,21)(H,23,24). The van der Waals surface area contributed by atoms with E-state index in [1.165, 1.54) is 0 Å². The van der Waals surface area contributed by atoms with Crippen LogP contribution in [0.15, 0.2) is 30.3 Å². The number of carboxylic acids is 1. The number of rotatable bonds is 5. The molecular formula is C17H19N3O4S. The SMILES string of the molecule is O=C(CNC(=O)c1cc2ccccc2[nH]1)NC1(C(=O)O)CCSCC1. The number of thioether (sulfide) groups is 1. The first-order valence-corrected chi connectivity index (χ1v) is 9.14. The molecule has 8 heteroatoms. The zero-order valence-corrected chi connectivity index (χ0v) is 14.3. The van der Waals surface area contributed by atoms with E-state index in [9.17, 15) is 19.5 Å². The number of aromatic nitrogens is 1. The van der Waals surface area contributed by atoms with Crippen LogP contribution in [0.25, 0.3) is 10.9 Å². The van der Waals surface area contributed by atoms with Gasteiger partial charge in [0.1, 0.15) is 11.2 Å². The Morgan fingerprint density at radius 3 is 2.60 bits per heavy atom. The van der Waals surface area contributed by atoms with Gasteiger partial charge in [-0.25, -0.2) is 4.79 Å². The number of para-hydroxylation sites is 1. The predicted molar refractivity (Wildman–Crippen MR) is 95.7 cm³/mol. The number of benzene rings is 1. The molecule has 132 valence electrons. The van der Waals surface area contributed by atoms with E-state index in [4.69, 9.17) is 0 Å². The van der Waals surface area contributed by atoms with Crippen LogP contribution in [0.1, 0.15) is 23.3 Å². The van der Waals surface area contributed by atoms with Crippen molar-refractivity contribution in [2.24, 2.45) is 0 Å². The van der Waals surface area contributed by atoms with Crippen molar-refractivity contribution in [1.82, 2.24) is 15.6 Å². The van der Waals surface area contributed by atoms with Crippen LogP contribution in [0.4, 0.5) is 0 Å². The summed E-state index contributed by atoms with van der Waals surface area (Å²) in [7, 11) is 0. The number of hydrogen-bond acceptors (Lipinski definition) is 4. The third-order valence-electron chi connectivity index (χ3n) is 4.32. The molecule has 0 saturated carbocycles. The predicted octanol–water partition coefficient (Wildman–Crippen LogP) is 1.36. The molecule has 1 fully saturated rings. The van der Waals surface area contributed by atoms with Gasteiger partial charge in [0.25, 0.3) is 5.91 Å². The van der Waals surface area contributed by atoms with Crippen molar-refractivity contribution in [1.29, 1.82) is 0 Å². The smallest absolute Gasteiger partial charge is 0.329 e. The molecule has 2 aromatic rings. The van der Waals surface area contributed by atoms with Crippen molar-refractivity contribution in [3.05, 3.63) is 36.0 Å². The molecule has 0 atom stereocenters. The molecule has 1 aromatic heterocycles. The lowest BCUT2D eigenvalue weighted by Crippen LogP contribution is -2.58. The number of hydrogen-bond donors (Lipinski definition) is 4. The normalized spacial score (nSPS) is 16.3. The lowest BCUT2D eigenvalue weighted by Gasteiger charge is -2.33. The maximum atomic E-state index is 12.2. The lowest BCUT2D eigenvalue weighted by molar-refractivity contribution is -0.147. The number of H-pyrrole nitrogens is 1. The quantitative estimate of drug-likeness (QED) is 0.643. The number of carboxylic acid groups (broad SMARTS) is 1. The van der Waals surface area contributed by atoms with E-state index in [1.54, 1.807) is 17.8 Å². The molecule has 7 nitrogen and oxygen atoms in total. The number of amides is 2. The van der Waals surface area contributed by atoms with E-state index in [-0.39, 0.29) is 6.54 Å². The molecule has 3 rings (SSSR count). The van der Waals surface area contributed by atoms with Crippen LogP contribution in [-0.2, 0) is 9.59 Å². The molecule has 4 N–H and O–H groups in total. The molecule has 1 aliphatic rings. The third kappa shape index (κ3) is 3.79. The van der Waals surface area contributed by atoms with Crippen LogP contribution in [0.2, 0.25) is 0 Å². The number of carbonyl (C=O) groups is 3. The highest BCUT2D eigenvalue weighted by Crippen LogP contribution is 2.27. The summed E-state index contributed by atoms with van der Waals surface area (Å²) in [6, 6.07) is 9.18. The minimum absolute atomic E-state index is 0.267. The summed E-state index contributed by atoms with van der Waals surface area (Å²) in [5.74, 6) is -0.557. The number of carbonyl (C=O) groups excluding carboxylic acids is 2. The highest BCUT2D eigenvalue weighted by Gasteiger charge is 2.41. The van der Waals surface area contributed by atoms with Crippen molar-refractivity contribution in [3.8, 4) is 0 Å². The fourth-order valence-corrected chi connectivity index (χ4v) is 4.06. The van der Waals surface area contributed by atoms with Crippen LogP contribution < -0.4 is 10.6 Å². The molecule has 2 amide bonds. The zero-order valence-electron chi connectivity index (χ0n) is 13.5. The summed E-state index contributed by atoms with van der Waals surface area (Å²) < 4.78 is 0. The molecule has 2 heterocycles. The van der Waals surface area contributed by atoms with Gasteiger partial charge in [0.05, 0.1) is 6.54 Å². The summed E-state index contributed by atoms with van der Waals surface area (Å²) in [6.45, 7) is -0.267. The fraction of sp³-hybridized carbons (Fsp3) is 0.353. The minimum Gasteiger partial charge on any atom is -0.480 e. The Morgan fingerprint density at radius 2 is 1.92 bits per heavy atom. The van der Waals surface area contributed by atoms with Gasteiger partial charge in [0, 0.05) is 10.9 Å². The molecule has 0 aliphatic carbocycles. The van der Waals surface area contributed by atoms with Crippen LogP contribution in [0.3, 0.4) is 0 Å². The molecule has 1 aliphatic heterocycles. The van der Waals surface area contributed by atoms with E-state index in [0.717, 1.165) is 10.9 Å². The summed E-state index contributed by atoms with van der Waals surface area (Å²) in [5, 5.41) is 15.5. The van der Waals surface area contributed by atoms with Gasteiger partial charge < -0.3 is 20.7 Å². The summed E-state index contributed by atoms with van der Waals surface area (Å²) in [6.07, 6.45) is 0.767. The Kier molecular flexibility index (Phi) is 4.98. The highest BCUT2D eigenvalue weighted by atomic mass is 32.2. The topological polar surface area (TPSA) is 111 Å². The van der Waals surface area contributed by atoms with Crippen molar-refractivity contribution in [2.45, 2.75) is 18.4 Å². The first-order chi connectivity index (χ1) is 12.0. The monoisotopic (exact) mass is 361 g/mol. The fourth-order valence-electron chi connectivity index (χ4n) is 2.87. The second-order valence-corrected chi connectivity index (χ2v) is 7.23. The van der Waals surface area contributed by atoms with Gasteiger partial charge in [0.15, 0.2) is 0 Å². The van der Waals surface area contributed by atoms with E-state index >= 15 is 0 Å². The largest absolute Gasteiger partial charge is 0.480 e. The average molecular weight is 361 g/mol. The Balaban J connectivity index is 1.59. The molecular weight excluding hydrogens is 342 g/mol. The van der Waals surface area contributed by atoms with E-state index < -0.39 is 23.3 Å². The van der Waals surface area contributed by atoms with E-state index in [1.807, 2.05) is 24.3 Å². The highest BCUT2D eigenvalue weighted by molar-refractivity contribution is 7.99. The van der Waals surface area contributed by atoms with E-state index in [2.05, 4.69) is 15.6 Å². The second kappa shape index (κ2) is 7.18. The van der Waals surface area contributed by atoms with Gasteiger partial charge in [0.2, 0.25) is 5.91 Å². The van der Waals surface area contributed by atoms with Crippen molar-refractivity contribution < 1.29 is 19.5 Å². The first kappa shape index (κ1) is 17.3. The van der Waals surface area contributed by atoms with E-state index in [0.29, 0.717) is 30.0 Å². The number of aliphatic carboxylic acids is 1. The van der Waals surface area contributed by atoms with Crippen LogP contribution in [-0.4, -0.2) is 51.5 Å². The van der Waals surface area contributed by atoms with Crippen molar-refractivity contribution in [3.63, 3.8) is 0 Å². The maximum absolute atomic E-state index is 12.2. The zero-order chi connectivity index (χ0) is 17.9. The first-order valence-electron chi connectivity index (χ1n) is 7.98. The lowest BCUT2D eigenvalue weighted by atomic mass is 9.92. The molecule has 0 spiro atoms. The molecule has 0 unspecified atom stereocenters. The summed E-state index contributed by atoms with van der Waals surface area (Å²) in [5.41, 5.74) is -0.0357. The summed E-state index contributed by atoms with van der Waals surface area (Å²) >= 11 is 1.67. The molecule has 25 heavy (non-hydrogen) atoms. The van der Waals surface area contributed by atoms with Crippen LogP contribution in [0.5, 0.6) is 0 Å². The van der Waals surface area contributed by atoms with Crippen molar-refractivity contribution >= 4 is 40.4 Å². The maximum Gasteiger partial charge on any atom is 0.329 e. The Bertz CT molecular complexity index is 778. The number of fused-ring (bicyclic) bond motifs is 1. The van der Waals surface area contributed by atoms with Crippen LogP contribution >= 0.6 is 11.8 Å². The molecule has 0 bridgehead atoms. The Hall–Kier alpha value is -2.48. The van der Waals surface area contributed by atoms with Gasteiger partial charge in [-0.15, -0.1) is 0 Å². The Morgan fingerprint density at radius 1 is 1.20 bits per heavy atom. The van der Waals surface area contributed by atoms with Gasteiger partial charge in [-0.3, -0.25) is 9.59 Å². The third-order valence-corrected chi connectivity index (χ3v) is 5.30. The summed E-state index contributed by atoms with van der Waals surface area (Å²) in [4.78, 5) is 38.8. The average Bonchev–Trinajstić information content (AvgIpc) is 3.04. The van der Waals surface area contributed by atoms with Gasteiger partial charge >= 0.3 is 5.97 Å². The van der Waals surface area contributed by atoms with Crippen molar-refractivity contribution in [2.75, 3.05) is 18.1 Å². The minimum atomic E-state index is -1.23. The van der Waals surface area contributed by atoms with Gasteiger partial charge in [-0.05, 0) is 36.5 Å². The second-order valence-electron chi connectivity index (χ2n) is 6.00. The molecule has 1 aromatic carbocycles. The molecule has 0 radical (unpaired) electrons. The Labute approximate surface area is 148 Å². The van der Waals surface area contributed by atoms with Gasteiger partial charge in [-0.2, -0.15) is 11.8 Å². The number of aromatic amines is 1. The molecule has 1 saturated heterocycles. The van der Waals surface area contributed by atoms with Gasteiger partial charge in [-0.1, -0.05) is 18.2 Å². The van der Waals surface area contributed by atoms with Crippen LogP contribution in [0, 0.1) is 0 Å².